The zero-order valence-electron chi connectivity index (χ0n) is 14.1. The molecule has 4 rings (SSSR count). The summed E-state index contributed by atoms with van der Waals surface area (Å²) in [5, 5.41) is 15.4. The zero-order valence-corrected chi connectivity index (χ0v) is 14.9. The average Bonchev–Trinajstić information content (AvgIpc) is 2.98. The molecule has 0 amide bonds. The molecule has 0 saturated carbocycles. The summed E-state index contributed by atoms with van der Waals surface area (Å²) >= 11 is 5.51. The second kappa shape index (κ2) is 6.85. The lowest BCUT2D eigenvalue weighted by Crippen LogP contribution is -3.14. The van der Waals surface area contributed by atoms with Crippen molar-refractivity contribution in [3.63, 3.8) is 0 Å². The van der Waals surface area contributed by atoms with Gasteiger partial charge in [0, 0.05) is 24.0 Å². The van der Waals surface area contributed by atoms with Crippen LogP contribution in [0.1, 0.15) is 0 Å². The van der Waals surface area contributed by atoms with E-state index >= 15 is 0 Å². The van der Waals surface area contributed by atoms with Crippen molar-refractivity contribution in [3.05, 3.63) is 63.5 Å². The van der Waals surface area contributed by atoms with E-state index in [2.05, 4.69) is 10.00 Å². The van der Waals surface area contributed by atoms with Crippen molar-refractivity contribution >= 4 is 29.2 Å². The van der Waals surface area contributed by atoms with Crippen LogP contribution in [0, 0.1) is 14.9 Å². The van der Waals surface area contributed by atoms with E-state index in [9.17, 15) is 10.1 Å². The summed E-state index contributed by atoms with van der Waals surface area (Å²) in [7, 11) is 0. The predicted octanol–water partition coefficient (Wildman–Crippen LogP) is 1.14. The molecule has 8 nitrogen and oxygen atoms in total. The maximum absolute atomic E-state index is 10.8. The number of quaternary nitrogens is 1. The molecule has 26 heavy (non-hydrogen) atoms. The van der Waals surface area contributed by atoms with Crippen LogP contribution in [0.4, 0.5) is 11.4 Å². The van der Waals surface area contributed by atoms with Gasteiger partial charge in [-0.2, -0.15) is 4.68 Å². The smallest absolute Gasteiger partial charge is 0.269 e. The van der Waals surface area contributed by atoms with Crippen molar-refractivity contribution in [2.75, 3.05) is 31.1 Å². The second-order valence-corrected chi connectivity index (χ2v) is 6.74. The number of hydrogen-bond acceptors (Lipinski definition) is 5. The highest BCUT2D eigenvalue weighted by Crippen LogP contribution is 2.19. The molecule has 1 aliphatic rings. The number of nitro groups is 1. The number of hydrogen-bond donors (Lipinski definition) is 1. The van der Waals surface area contributed by atoms with Gasteiger partial charge in [0.25, 0.3) is 5.69 Å². The number of piperazine rings is 1. The van der Waals surface area contributed by atoms with E-state index in [0.717, 1.165) is 44.2 Å². The fourth-order valence-corrected chi connectivity index (χ4v) is 3.57. The highest BCUT2D eigenvalue weighted by molar-refractivity contribution is 7.71. The first-order valence-corrected chi connectivity index (χ1v) is 8.90. The lowest BCUT2D eigenvalue weighted by molar-refractivity contribution is -0.924. The third-order valence-electron chi connectivity index (χ3n) is 4.76. The van der Waals surface area contributed by atoms with Gasteiger partial charge in [0.15, 0.2) is 12.3 Å². The lowest BCUT2D eigenvalue weighted by atomic mass is 10.2. The Labute approximate surface area is 155 Å². The van der Waals surface area contributed by atoms with E-state index in [1.165, 1.54) is 4.90 Å². The van der Waals surface area contributed by atoms with Crippen molar-refractivity contribution in [2.45, 2.75) is 6.67 Å². The number of nitrogens with zero attached hydrogens (tertiary/aromatic N) is 5. The van der Waals surface area contributed by atoms with Crippen LogP contribution >= 0.6 is 12.2 Å². The first-order chi connectivity index (χ1) is 12.6. The van der Waals surface area contributed by atoms with E-state index in [0.29, 0.717) is 4.77 Å². The molecule has 2 aromatic heterocycles. The zero-order chi connectivity index (χ0) is 18.1. The highest BCUT2D eigenvalue weighted by Gasteiger charge is 2.21. The molecule has 1 aromatic carbocycles. The van der Waals surface area contributed by atoms with Crippen molar-refractivity contribution < 1.29 is 9.82 Å². The largest absolute Gasteiger partial charge is 0.360 e. The van der Waals surface area contributed by atoms with Crippen LogP contribution in [0.2, 0.25) is 0 Å². The Morgan fingerprint density at radius 3 is 2.54 bits per heavy atom. The number of fused-ring (bicyclic) bond motifs is 1. The fourth-order valence-electron chi connectivity index (χ4n) is 3.31. The fraction of sp³-hybridized carbons (Fsp3) is 0.294. The van der Waals surface area contributed by atoms with Crippen LogP contribution in [0.15, 0.2) is 48.7 Å². The average molecular weight is 371 g/mol. The molecule has 134 valence electrons. The number of rotatable bonds is 4. The van der Waals surface area contributed by atoms with Gasteiger partial charge in [-0.3, -0.25) is 14.5 Å². The van der Waals surface area contributed by atoms with Gasteiger partial charge in [0.2, 0.25) is 4.77 Å². The number of anilines is 1. The van der Waals surface area contributed by atoms with E-state index < -0.39 is 0 Å². The van der Waals surface area contributed by atoms with Crippen molar-refractivity contribution in [2.24, 2.45) is 0 Å². The number of nitro benzene ring substituents is 1. The Hall–Kier alpha value is -2.78. The van der Waals surface area contributed by atoms with Gasteiger partial charge in [0.05, 0.1) is 31.1 Å². The molecule has 0 bridgehead atoms. The van der Waals surface area contributed by atoms with E-state index in [1.54, 1.807) is 12.1 Å². The molecule has 0 spiro atoms. The Bertz CT molecular complexity index is 988. The first kappa shape index (κ1) is 16.7. The summed E-state index contributed by atoms with van der Waals surface area (Å²) in [6, 6.07) is 12.6. The van der Waals surface area contributed by atoms with Crippen LogP contribution in [0.25, 0.3) is 5.65 Å². The highest BCUT2D eigenvalue weighted by atomic mass is 32.1. The lowest BCUT2D eigenvalue weighted by Gasteiger charge is -2.33. The summed E-state index contributed by atoms with van der Waals surface area (Å²) in [5.74, 6) is 0. The van der Waals surface area contributed by atoms with Gasteiger partial charge >= 0.3 is 0 Å². The molecular weight excluding hydrogens is 352 g/mol. The third kappa shape index (κ3) is 3.18. The molecule has 1 aliphatic heterocycles. The Morgan fingerprint density at radius 2 is 1.88 bits per heavy atom. The Kier molecular flexibility index (Phi) is 4.39. The number of nitrogens with one attached hydrogen (secondary N) is 1. The molecule has 0 radical (unpaired) electrons. The maximum Gasteiger partial charge on any atom is 0.269 e. The summed E-state index contributed by atoms with van der Waals surface area (Å²) < 4.78 is 4.52. The van der Waals surface area contributed by atoms with E-state index in [-0.39, 0.29) is 10.6 Å². The number of pyridine rings is 1. The van der Waals surface area contributed by atoms with E-state index in [1.807, 2.05) is 45.6 Å². The third-order valence-corrected chi connectivity index (χ3v) is 5.17. The van der Waals surface area contributed by atoms with Gasteiger partial charge in [-0.05, 0) is 36.5 Å². The van der Waals surface area contributed by atoms with Crippen molar-refractivity contribution in [1.82, 2.24) is 14.2 Å². The summed E-state index contributed by atoms with van der Waals surface area (Å²) in [5.41, 5.74) is 2.01. The van der Waals surface area contributed by atoms with Crippen LogP contribution in [-0.4, -0.2) is 45.3 Å². The molecule has 3 aromatic rings. The standard InChI is InChI=1S/C17H18N6O2S/c24-23(25)15-6-4-14(5-7-15)20-11-9-19(10-12-20)13-22-17(26)21-8-2-1-3-16(21)18-22/h1-8H,9-13H2/p+1. The minimum atomic E-state index is -0.371. The van der Waals surface area contributed by atoms with Gasteiger partial charge in [0.1, 0.15) is 0 Å². The molecule has 0 aliphatic carbocycles. The molecule has 1 fully saturated rings. The van der Waals surface area contributed by atoms with Crippen LogP contribution in [0.3, 0.4) is 0 Å². The van der Waals surface area contributed by atoms with Crippen molar-refractivity contribution in [3.8, 4) is 0 Å². The van der Waals surface area contributed by atoms with Crippen LogP contribution in [-0.2, 0) is 6.67 Å². The van der Waals surface area contributed by atoms with Crippen LogP contribution in [0.5, 0.6) is 0 Å². The summed E-state index contributed by atoms with van der Waals surface area (Å²) in [6.45, 7) is 4.47. The van der Waals surface area contributed by atoms with E-state index in [4.69, 9.17) is 12.2 Å². The number of benzene rings is 1. The quantitative estimate of drug-likeness (QED) is 0.423. The predicted molar refractivity (Wildman–Crippen MR) is 100 cm³/mol. The monoisotopic (exact) mass is 371 g/mol. The molecule has 9 heteroatoms. The van der Waals surface area contributed by atoms with Gasteiger partial charge < -0.3 is 9.80 Å². The van der Waals surface area contributed by atoms with Gasteiger partial charge in [-0.15, -0.1) is 5.10 Å². The molecule has 1 saturated heterocycles. The SMILES string of the molecule is O=[N+]([O-])c1ccc(N2CC[NH+](Cn3nc4ccccn4c3=S)CC2)cc1. The van der Waals surface area contributed by atoms with Gasteiger partial charge in [-0.1, -0.05) is 6.07 Å². The van der Waals surface area contributed by atoms with Crippen molar-refractivity contribution in [1.29, 1.82) is 0 Å². The topological polar surface area (TPSA) is 73.0 Å². The molecule has 0 atom stereocenters. The number of aromatic nitrogens is 3. The normalized spacial score (nSPS) is 15.5. The minimum absolute atomic E-state index is 0.124. The Morgan fingerprint density at radius 1 is 1.15 bits per heavy atom. The second-order valence-electron chi connectivity index (χ2n) is 6.38. The summed E-state index contributed by atoms with van der Waals surface area (Å²) in [4.78, 5) is 14.1. The van der Waals surface area contributed by atoms with Crippen LogP contribution < -0.4 is 9.80 Å². The minimum Gasteiger partial charge on any atom is -0.360 e. The molecule has 3 heterocycles. The maximum atomic E-state index is 10.8. The summed E-state index contributed by atoms with van der Waals surface area (Å²) in [6.07, 6.45) is 1.93. The number of non-ortho nitro benzene ring substituents is 1. The Balaban J connectivity index is 1.41. The van der Waals surface area contributed by atoms with Gasteiger partial charge in [-0.25, -0.2) is 0 Å². The molecular formula is C17H19N6O2S+. The molecule has 0 unspecified atom stereocenters. The first-order valence-electron chi connectivity index (χ1n) is 8.49. The molecule has 1 N–H and O–H groups in total.